The van der Waals surface area contributed by atoms with E-state index in [-0.39, 0.29) is 0 Å². The molecule has 1 fully saturated rings. The summed E-state index contributed by atoms with van der Waals surface area (Å²) in [7, 11) is 2.19. The van der Waals surface area contributed by atoms with Gasteiger partial charge < -0.3 is 5.32 Å². The molecule has 2 rings (SSSR count). The summed E-state index contributed by atoms with van der Waals surface area (Å²) in [5, 5.41) is 3.27. The highest BCUT2D eigenvalue weighted by molar-refractivity contribution is 14.1. The Morgan fingerprint density at radius 2 is 2.12 bits per heavy atom. The molecule has 1 aliphatic rings. The van der Waals surface area contributed by atoms with Gasteiger partial charge in [0.05, 0.1) is 0 Å². The molecule has 0 bridgehead atoms. The van der Waals surface area contributed by atoms with Crippen LogP contribution in [0.25, 0.3) is 0 Å². The lowest BCUT2D eigenvalue weighted by molar-refractivity contribution is 0.257. The second-order valence-electron chi connectivity index (χ2n) is 4.35. The Hall–Kier alpha value is -0.430. The monoisotopic (exact) mass is 332 g/mol. The summed E-state index contributed by atoms with van der Waals surface area (Å²) in [4.78, 5) is 10.9. The van der Waals surface area contributed by atoms with Crippen LogP contribution in [0, 0.1) is 3.57 Å². The molecule has 1 atom stereocenters. The molecule has 0 aromatic carbocycles. The third-order valence-corrected chi connectivity index (χ3v) is 3.55. The molecule has 0 saturated heterocycles. The van der Waals surface area contributed by atoms with Gasteiger partial charge in [0.25, 0.3) is 0 Å². The fourth-order valence-electron chi connectivity index (χ4n) is 1.63. The number of aromatic nitrogens is 2. The van der Waals surface area contributed by atoms with Crippen molar-refractivity contribution in [3.8, 4) is 0 Å². The zero-order chi connectivity index (χ0) is 11.5. The minimum absolute atomic E-state index is 0.523. The highest BCUT2D eigenvalue weighted by Gasteiger charge is 2.28. The summed E-state index contributed by atoms with van der Waals surface area (Å²) in [6.07, 6.45) is 6.35. The molecule has 0 aliphatic heterocycles. The number of nitrogens with zero attached hydrogens (tertiary/aromatic N) is 3. The van der Waals surface area contributed by atoms with Gasteiger partial charge in [-0.1, -0.05) is 0 Å². The minimum Gasteiger partial charge on any atom is -0.353 e. The fraction of sp³-hybridized carbons (Fsp3) is 0.636. The maximum absolute atomic E-state index is 4.22. The summed E-state index contributed by atoms with van der Waals surface area (Å²) < 4.78 is 1.06. The first kappa shape index (κ1) is 12.0. The van der Waals surface area contributed by atoms with Gasteiger partial charge in [-0.05, 0) is 49.4 Å². The lowest BCUT2D eigenvalue weighted by atomic mass is 10.3. The standard InChI is InChI=1S/C11H17IN4/c1-8(16(2)10-3-4-10)5-13-11-14-6-9(12)7-15-11/h6-8,10H,3-5H2,1-2H3,(H,13,14,15). The summed E-state index contributed by atoms with van der Waals surface area (Å²) >= 11 is 2.20. The van der Waals surface area contributed by atoms with Gasteiger partial charge in [0.15, 0.2) is 0 Å². The first-order valence-electron chi connectivity index (χ1n) is 5.60. The highest BCUT2D eigenvalue weighted by atomic mass is 127. The molecule has 0 amide bonds. The van der Waals surface area contributed by atoms with Crippen molar-refractivity contribution in [2.24, 2.45) is 0 Å². The van der Waals surface area contributed by atoms with E-state index >= 15 is 0 Å². The van der Waals surface area contributed by atoms with Crippen LogP contribution in [-0.4, -0.2) is 40.5 Å². The van der Waals surface area contributed by atoms with Crippen LogP contribution in [0.2, 0.25) is 0 Å². The van der Waals surface area contributed by atoms with Gasteiger partial charge in [-0.3, -0.25) is 4.90 Å². The van der Waals surface area contributed by atoms with Gasteiger partial charge in [-0.15, -0.1) is 0 Å². The topological polar surface area (TPSA) is 41.1 Å². The predicted octanol–water partition coefficient (Wildman–Crippen LogP) is 1.98. The van der Waals surface area contributed by atoms with Crippen LogP contribution >= 0.6 is 22.6 Å². The molecule has 0 spiro atoms. The molecule has 1 aromatic heterocycles. The second kappa shape index (κ2) is 5.27. The Morgan fingerprint density at radius 1 is 1.50 bits per heavy atom. The normalized spacial score (nSPS) is 17.5. The van der Waals surface area contributed by atoms with Crippen molar-refractivity contribution >= 4 is 28.5 Å². The van der Waals surface area contributed by atoms with E-state index in [0.29, 0.717) is 6.04 Å². The van der Waals surface area contributed by atoms with Crippen molar-refractivity contribution in [1.29, 1.82) is 0 Å². The van der Waals surface area contributed by atoms with Crippen LogP contribution in [0.15, 0.2) is 12.4 Å². The van der Waals surface area contributed by atoms with E-state index in [2.05, 4.69) is 56.7 Å². The van der Waals surface area contributed by atoms with Crippen molar-refractivity contribution in [2.45, 2.75) is 31.8 Å². The Morgan fingerprint density at radius 3 is 2.69 bits per heavy atom. The molecule has 1 N–H and O–H groups in total. The number of likely N-dealkylation sites (N-methyl/N-ethyl adjacent to an activating group) is 1. The number of halogens is 1. The molecular formula is C11H17IN4. The lowest BCUT2D eigenvalue weighted by Gasteiger charge is -2.24. The maximum Gasteiger partial charge on any atom is 0.222 e. The smallest absolute Gasteiger partial charge is 0.222 e. The van der Waals surface area contributed by atoms with Crippen molar-refractivity contribution in [3.63, 3.8) is 0 Å². The maximum atomic E-state index is 4.22. The zero-order valence-corrected chi connectivity index (χ0v) is 11.8. The molecule has 4 nitrogen and oxygen atoms in total. The highest BCUT2D eigenvalue weighted by Crippen LogP contribution is 2.26. The van der Waals surface area contributed by atoms with E-state index in [1.165, 1.54) is 12.8 Å². The molecule has 88 valence electrons. The minimum atomic E-state index is 0.523. The van der Waals surface area contributed by atoms with E-state index in [9.17, 15) is 0 Å². The predicted molar refractivity (Wildman–Crippen MR) is 73.5 cm³/mol. The quantitative estimate of drug-likeness (QED) is 0.837. The van der Waals surface area contributed by atoms with E-state index < -0.39 is 0 Å². The molecule has 5 heteroatoms. The molecule has 0 radical (unpaired) electrons. The van der Waals surface area contributed by atoms with E-state index in [1.54, 1.807) is 0 Å². The van der Waals surface area contributed by atoms with Crippen molar-refractivity contribution in [3.05, 3.63) is 16.0 Å². The molecule has 1 unspecified atom stereocenters. The summed E-state index contributed by atoms with van der Waals surface area (Å²) in [5.41, 5.74) is 0. The van der Waals surface area contributed by atoms with Crippen molar-refractivity contribution in [2.75, 3.05) is 18.9 Å². The molecule has 16 heavy (non-hydrogen) atoms. The average molecular weight is 332 g/mol. The summed E-state index contributed by atoms with van der Waals surface area (Å²) in [6.45, 7) is 3.13. The van der Waals surface area contributed by atoms with Gasteiger partial charge in [-0.25, -0.2) is 9.97 Å². The zero-order valence-electron chi connectivity index (χ0n) is 9.65. The summed E-state index contributed by atoms with van der Waals surface area (Å²) in [5.74, 6) is 0.719. The number of anilines is 1. The Labute approximate surface area is 110 Å². The Bertz CT molecular complexity index is 336. The van der Waals surface area contributed by atoms with E-state index in [4.69, 9.17) is 0 Å². The van der Waals surface area contributed by atoms with Gasteiger partial charge in [0, 0.05) is 34.6 Å². The van der Waals surface area contributed by atoms with E-state index in [0.717, 1.165) is 22.1 Å². The molecule has 1 aliphatic carbocycles. The van der Waals surface area contributed by atoms with Crippen LogP contribution in [-0.2, 0) is 0 Å². The molecular weight excluding hydrogens is 315 g/mol. The SMILES string of the molecule is CC(CNc1ncc(I)cn1)N(C)C1CC1. The van der Waals surface area contributed by atoms with Gasteiger partial charge in [0.2, 0.25) is 5.95 Å². The van der Waals surface area contributed by atoms with Gasteiger partial charge >= 0.3 is 0 Å². The third-order valence-electron chi connectivity index (χ3n) is 2.99. The third kappa shape index (κ3) is 3.28. The van der Waals surface area contributed by atoms with Crippen LogP contribution in [0.3, 0.4) is 0 Å². The first-order chi connectivity index (χ1) is 7.66. The summed E-state index contributed by atoms with van der Waals surface area (Å²) in [6, 6.07) is 1.32. The van der Waals surface area contributed by atoms with Gasteiger partial charge in [0.1, 0.15) is 0 Å². The number of hydrogen-bond acceptors (Lipinski definition) is 4. The van der Waals surface area contributed by atoms with E-state index in [1.807, 2.05) is 12.4 Å². The van der Waals surface area contributed by atoms with Gasteiger partial charge in [-0.2, -0.15) is 0 Å². The van der Waals surface area contributed by atoms with Crippen LogP contribution in [0.4, 0.5) is 5.95 Å². The second-order valence-corrected chi connectivity index (χ2v) is 5.60. The number of nitrogens with one attached hydrogen (secondary N) is 1. The number of rotatable bonds is 5. The number of hydrogen-bond donors (Lipinski definition) is 1. The first-order valence-corrected chi connectivity index (χ1v) is 6.68. The molecule has 1 aromatic rings. The largest absolute Gasteiger partial charge is 0.353 e. The van der Waals surface area contributed by atoms with Crippen LogP contribution < -0.4 is 5.32 Å². The Kier molecular flexibility index (Phi) is 3.96. The Balaban J connectivity index is 1.79. The molecule has 1 saturated carbocycles. The molecule has 1 heterocycles. The van der Waals surface area contributed by atoms with Crippen molar-refractivity contribution in [1.82, 2.24) is 14.9 Å². The van der Waals surface area contributed by atoms with Crippen LogP contribution in [0.1, 0.15) is 19.8 Å². The lowest BCUT2D eigenvalue weighted by Crippen LogP contribution is -2.36. The fourth-order valence-corrected chi connectivity index (χ4v) is 1.91. The van der Waals surface area contributed by atoms with Crippen LogP contribution in [0.5, 0.6) is 0 Å². The average Bonchev–Trinajstić information content (AvgIpc) is 3.11. The van der Waals surface area contributed by atoms with Crippen molar-refractivity contribution < 1.29 is 0 Å².